The maximum atomic E-state index is 3.96. The highest BCUT2D eigenvalue weighted by molar-refractivity contribution is 6.18. The Hall–Kier alpha value is -7.84. The summed E-state index contributed by atoms with van der Waals surface area (Å²) in [6.07, 6.45) is 0. The second kappa shape index (κ2) is 14.9. The Morgan fingerprint density at radius 3 is 0.542 bits per heavy atom. The number of hydrogen-bond donors (Lipinski definition) is 8. The summed E-state index contributed by atoms with van der Waals surface area (Å²) in [6.45, 7) is 27.4. The lowest BCUT2D eigenvalue weighted by molar-refractivity contribution is 0.591. The van der Waals surface area contributed by atoms with E-state index in [0.29, 0.717) is 0 Å². The van der Waals surface area contributed by atoms with Crippen LogP contribution in [0.2, 0.25) is 0 Å². The highest BCUT2D eigenvalue weighted by Gasteiger charge is 2.25. The Morgan fingerprint density at radius 2 is 0.375 bits per heavy atom. The molecule has 72 heavy (non-hydrogen) atoms. The van der Waals surface area contributed by atoms with Crippen LogP contribution in [0.1, 0.15) is 105 Å². The van der Waals surface area contributed by atoms with Gasteiger partial charge in [-0.15, -0.1) is 0 Å². The van der Waals surface area contributed by atoms with E-state index in [-0.39, 0.29) is 21.7 Å². The maximum absolute atomic E-state index is 3.96. The van der Waals surface area contributed by atoms with Crippen LogP contribution in [0.4, 0.5) is 46.5 Å². The minimum absolute atomic E-state index is 0.00794. The van der Waals surface area contributed by atoms with Crippen LogP contribution < -0.4 is 21.3 Å². The zero-order valence-corrected chi connectivity index (χ0v) is 43.5. The molecule has 0 saturated heterocycles. The fourth-order valence-corrected chi connectivity index (χ4v) is 11.0. The number of rotatable bonds is 0. The lowest BCUT2D eigenvalue weighted by Gasteiger charge is -2.19. The van der Waals surface area contributed by atoms with Gasteiger partial charge >= 0.3 is 0 Å². The second-order valence-electron chi connectivity index (χ2n) is 24.8. The highest BCUT2D eigenvalue weighted by Crippen LogP contribution is 2.46. The molecule has 0 amide bonds. The lowest BCUT2D eigenvalue weighted by Crippen LogP contribution is -2.10. The van der Waals surface area contributed by atoms with E-state index in [4.69, 9.17) is 0 Å². The molecule has 0 radical (unpaired) electrons. The third kappa shape index (κ3) is 7.16. The first-order chi connectivity index (χ1) is 34.1. The van der Waals surface area contributed by atoms with E-state index >= 15 is 0 Å². The first-order valence-corrected chi connectivity index (χ1v) is 25.6. The molecule has 0 fully saturated rings. The van der Waals surface area contributed by atoms with E-state index in [1.165, 1.54) is 65.3 Å². The summed E-state index contributed by atoms with van der Waals surface area (Å²) < 4.78 is 0. The van der Waals surface area contributed by atoms with E-state index < -0.39 is 0 Å². The Morgan fingerprint density at radius 1 is 0.208 bits per heavy atom. The molecule has 5 heterocycles. The van der Waals surface area contributed by atoms with Gasteiger partial charge < -0.3 is 41.2 Å². The third-order valence-electron chi connectivity index (χ3n) is 15.5. The van der Waals surface area contributed by atoms with Crippen LogP contribution >= 0.6 is 0 Å². The molecular formula is C64H64N8. The summed E-state index contributed by atoms with van der Waals surface area (Å²) in [5.74, 6) is 7.14. The van der Waals surface area contributed by atoms with Crippen molar-refractivity contribution in [3.05, 3.63) is 144 Å². The van der Waals surface area contributed by atoms with Gasteiger partial charge in [-0.2, -0.15) is 0 Å². The van der Waals surface area contributed by atoms with Gasteiger partial charge in [0.15, 0.2) is 0 Å². The summed E-state index contributed by atoms with van der Waals surface area (Å²) in [4.78, 5) is 15.6. The zero-order valence-electron chi connectivity index (χ0n) is 43.5. The Bertz CT molecular complexity index is 3700. The molecule has 0 spiro atoms. The number of anilines is 8. The van der Waals surface area contributed by atoms with Crippen molar-refractivity contribution >= 4 is 133 Å². The van der Waals surface area contributed by atoms with Gasteiger partial charge in [0.2, 0.25) is 0 Å². The zero-order chi connectivity index (χ0) is 50.0. The predicted octanol–water partition coefficient (Wildman–Crippen LogP) is 18.7. The molecule has 1 aliphatic heterocycles. The van der Waals surface area contributed by atoms with E-state index in [9.17, 15) is 0 Å². The van der Waals surface area contributed by atoms with E-state index in [2.05, 4.69) is 246 Å². The van der Waals surface area contributed by atoms with Gasteiger partial charge in [-0.05, 0) is 136 Å². The van der Waals surface area contributed by atoms with Gasteiger partial charge in [-0.25, -0.2) is 0 Å². The Balaban J connectivity index is 1.10. The van der Waals surface area contributed by atoms with Gasteiger partial charge in [0.05, 0.1) is 0 Å². The number of benzene rings is 8. The number of aromatic amines is 4. The van der Waals surface area contributed by atoms with E-state index in [0.717, 1.165) is 89.6 Å². The van der Waals surface area contributed by atoms with Crippen LogP contribution in [-0.2, 0) is 21.7 Å². The van der Waals surface area contributed by atoms with Crippen molar-refractivity contribution in [2.45, 2.75) is 105 Å². The van der Waals surface area contributed by atoms with Crippen LogP contribution in [-0.4, -0.2) is 19.9 Å². The molecule has 0 saturated carbocycles. The van der Waals surface area contributed by atoms with Gasteiger partial charge in [0.25, 0.3) is 0 Å². The van der Waals surface area contributed by atoms with Gasteiger partial charge in [0, 0.05) is 43.1 Å². The molecule has 8 aromatic carbocycles. The largest absolute Gasteiger partial charge is 0.327 e. The Kier molecular flexibility index (Phi) is 9.11. The highest BCUT2D eigenvalue weighted by atomic mass is 15.2. The van der Waals surface area contributed by atoms with Crippen molar-refractivity contribution in [3.63, 3.8) is 0 Å². The Labute approximate surface area is 420 Å². The SMILES string of the molecule is CC(C)(C)c1ccc2cc3c4[nH]c(c3cc2c1)Nc1[nH]c(c2cc3cc(C(C)(C)C)ccc3cc12)Nc1[nH]c(c2cc3cc(C(C)(C)C)ccc3cc12)Nc1[nH]c(c2cc3cc(C(C)(C)C)ccc3cc12)N4. The summed E-state index contributed by atoms with van der Waals surface area (Å²) in [6, 6.07) is 46.3. The second-order valence-corrected chi connectivity index (χ2v) is 24.8. The number of nitrogens with one attached hydrogen (secondary N) is 8. The average Bonchev–Trinajstić information content (AvgIpc) is 4.04. The minimum atomic E-state index is 0.00794. The van der Waals surface area contributed by atoms with Crippen LogP contribution in [0.15, 0.2) is 121 Å². The first-order valence-electron chi connectivity index (χ1n) is 25.6. The van der Waals surface area contributed by atoms with E-state index in [1.807, 2.05) is 0 Å². The van der Waals surface area contributed by atoms with Crippen LogP contribution in [0.25, 0.3) is 86.2 Å². The molecule has 13 rings (SSSR count). The monoisotopic (exact) mass is 945 g/mol. The standard InChI is InChI=1S/C64H64N8/c1-61(2,3)41-17-13-33-25-45-49(29-37(33)21-41)57-65-53(45)70-58-51-31-39-23-43(63(7,8)9)19-15-35(39)27-47(51)55(67-58)72-60-52-32-40-24-44(64(10,11)12)20-16-36(40)28-48(52)56(68-60)71-59-50-30-38-22-42(62(4,5)6)18-14-34(38)26-46(50)54(66-59)69-57/h13-32,65-72H,1-12H3. The van der Waals surface area contributed by atoms with Crippen LogP contribution in [0.3, 0.4) is 0 Å². The van der Waals surface area contributed by atoms with Crippen molar-refractivity contribution < 1.29 is 0 Å². The molecule has 0 unspecified atom stereocenters. The quantitative estimate of drug-likeness (QED) is 0.0774. The average molecular weight is 945 g/mol. The van der Waals surface area contributed by atoms with Crippen molar-refractivity contribution in [1.29, 1.82) is 0 Å². The van der Waals surface area contributed by atoms with Crippen LogP contribution in [0, 0.1) is 0 Å². The predicted molar refractivity (Wildman–Crippen MR) is 311 cm³/mol. The van der Waals surface area contributed by atoms with Crippen molar-refractivity contribution in [2.24, 2.45) is 0 Å². The molecule has 0 atom stereocenters. The van der Waals surface area contributed by atoms with Crippen molar-refractivity contribution in [3.8, 4) is 0 Å². The first kappa shape index (κ1) is 44.1. The smallest absolute Gasteiger partial charge is 0.118 e. The summed E-state index contributed by atoms with van der Waals surface area (Å²) in [5.41, 5.74) is 5.25. The summed E-state index contributed by atoms with van der Waals surface area (Å²) in [7, 11) is 0. The number of aromatic nitrogens is 4. The van der Waals surface area contributed by atoms with Gasteiger partial charge in [-0.3, -0.25) is 0 Å². The number of H-pyrrole nitrogens is 4. The molecular weight excluding hydrogens is 881 g/mol. The molecule has 8 bridgehead atoms. The van der Waals surface area contributed by atoms with Crippen molar-refractivity contribution in [2.75, 3.05) is 21.3 Å². The fraction of sp³-hybridized carbons (Fsp3) is 0.250. The summed E-state index contributed by atoms with van der Waals surface area (Å²) in [5, 5.41) is 34.0. The topological polar surface area (TPSA) is 111 Å². The van der Waals surface area contributed by atoms with Crippen molar-refractivity contribution in [1.82, 2.24) is 19.9 Å². The molecule has 8 nitrogen and oxygen atoms in total. The molecule has 0 aliphatic carbocycles. The minimum Gasteiger partial charge on any atom is -0.327 e. The number of hydrogen-bond acceptors (Lipinski definition) is 4. The van der Waals surface area contributed by atoms with Gasteiger partial charge in [-0.1, -0.05) is 156 Å². The van der Waals surface area contributed by atoms with Crippen LogP contribution in [0.5, 0.6) is 0 Å². The molecule has 12 aromatic rings. The molecule has 8 N–H and O–H groups in total. The molecule has 1 aliphatic rings. The molecule has 4 aromatic heterocycles. The third-order valence-corrected chi connectivity index (χ3v) is 15.5. The normalized spacial score (nSPS) is 13.7. The fourth-order valence-electron chi connectivity index (χ4n) is 11.0. The maximum Gasteiger partial charge on any atom is 0.118 e. The van der Waals surface area contributed by atoms with E-state index in [1.54, 1.807) is 0 Å². The van der Waals surface area contributed by atoms with Gasteiger partial charge in [0.1, 0.15) is 46.5 Å². The summed E-state index contributed by atoms with van der Waals surface area (Å²) >= 11 is 0. The number of fused-ring (bicyclic) bond motifs is 24. The lowest BCUT2D eigenvalue weighted by atomic mass is 9.85. The molecule has 8 heteroatoms. The molecule has 360 valence electrons.